The highest BCUT2D eigenvalue weighted by molar-refractivity contribution is 8.00. The number of amides is 1. The van der Waals surface area contributed by atoms with Crippen molar-refractivity contribution in [3.8, 4) is 11.4 Å². The van der Waals surface area contributed by atoms with Gasteiger partial charge in [-0.05, 0) is 50.2 Å². The lowest BCUT2D eigenvalue weighted by Crippen LogP contribution is -2.23. The predicted molar refractivity (Wildman–Crippen MR) is 106 cm³/mol. The van der Waals surface area contributed by atoms with Crippen molar-refractivity contribution in [2.75, 3.05) is 5.32 Å². The second-order valence-corrected chi connectivity index (χ2v) is 7.53. The second kappa shape index (κ2) is 8.54. The predicted octanol–water partition coefficient (Wildman–Crippen LogP) is 4.88. The van der Waals surface area contributed by atoms with E-state index in [1.54, 1.807) is 31.2 Å². The summed E-state index contributed by atoms with van der Waals surface area (Å²) in [6, 6.07) is 13.4. The van der Waals surface area contributed by atoms with Gasteiger partial charge in [0.25, 0.3) is 0 Å². The van der Waals surface area contributed by atoms with Crippen LogP contribution in [0.5, 0.6) is 0 Å². The highest BCUT2D eigenvalue weighted by Crippen LogP contribution is 2.28. The molecule has 1 heterocycles. The van der Waals surface area contributed by atoms with Crippen LogP contribution in [-0.4, -0.2) is 25.9 Å². The fourth-order valence-electron chi connectivity index (χ4n) is 2.48. The van der Waals surface area contributed by atoms with Crippen molar-refractivity contribution in [1.82, 2.24) is 14.8 Å². The van der Waals surface area contributed by atoms with E-state index < -0.39 is 11.1 Å². The number of anilines is 1. The number of hydrogen-bond acceptors (Lipinski definition) is 4. The van der Waals surface area contributed by atoms with Gasteiger partial charge in [0.15, 0.2) is 11.0 Å². The molecule has 3 aromatic rings. The van der Waals surface area contributed by atoms with Gasteiger partial charge in [-0.25, -0.2) is 4.39 Å². The molecule has 1 aromatic heterocycles. The van der Waals surface area contributed by atoms with Crippen LogP contribution in [-0.2, 0) is 11.3 Å². The van der Waals surface area contributed by atoms with Crippen molar-refractivity contribution >= 4 is 35.0 Å². The zero-order valence-corrected chi connectivity index (χ0v) is 16.4. The molecule has 1 amide bonds. The molecule has 0 aliphatic rings. The van der Waals surface area contributed by atoms with Gasteiger partial charge < -0.3 is 9.88 Å². The zero-order valence-electron chi connectivity index (χ0n) is 14.8. The van der Waals surface area contributed by atoms with Crippen molar-refractivity contribution in [3.63, 3.8) is 0 Å². The Labute approximate surface area is 166 Å². The number of carbonyl (C=O) groups is 1. The molecule has 27 heavy (non-hydrogen) atoms. The summed E-state index contributed by atoms with van der Waals surface area (Å²) in [6.07, 6.45) is 0. The van der Waals surface area contributed by atoms with Gasteiger partial charge in [0.2, 0.25) is 5.91 Å². The number of halogens is 2. The second-order valence-electron chi connectivity index (χ2n) is 5.79. The number of nitrogens with zero attached hydrogens (tertiary/aromatic N) is 3. The molecule has 0 radical (unpaired) electrons. The van der Waals surface area contributed by atoms with E-state index in [0.29, 0.717) is 22.5 Å². The minimum absolute atomic E-state index is 0.161. The van der Waals surface area contributed by atoms with Crippen molar-refractivity contribution < 1.29 is 9.18 Å². The molecule has 0 fully saturated rings. The molecule has 0 bridgehead atoms. The van der Waals surface area contributed by atoms with Crippen LogP contribution in [0.3, 0.4) is 0 Å². The molecular weight excluding hydrogens is 387 g/mol. The van der Waals surface area contributed by atoms with Crippen molar-refractivity contribution in [2.24, 2.45) is 0 Å². The number of carbonyl (C=O) groups excluding carboxylic acids is 1. The Bertz CT molecular complexity index is 945. The van der Waals surface area contributed by atoms with Crippen LogP contribution in [0.25, 0.3) is 11.4 Å². The van der Waals surface area contributed by atoms with E-state index >= 15 is 0 Å². The lowest BCUT2D eigenvalue weighted by molar-refractivity contribution is -0.115. The highest BCUT2D eigenvalue weighted by Gasteiger charge is 2.21. The topological polar surface area (TPSA) is 59.8 Å². The maximum absolute atomic E-state index is 13.7. The van der Waals surface area contributed by atoms with Gasteiger partial charge in [0.1, 0.15) is 5.82 Å². The molecular formula is C19H18ClFN4OS. The fraction of sp³-hybridized carbons (Fsp3) is 0.211. The van der Waals surface area contributed by atoms with Crippen LogP contribution in [0.2, 0.25) is 5.02 Å². The zero-order chi connectivity index (χ0) is 19.4. The average molecular weight is 405 g/mol. The summed E-state index contributed by atoms with van der Waals surface area (Å²) >= 11 is 7.22. The van der Waals surface area contributed by atoms with E-state index in [1.165, 1.54) is 23.9 Å². The van der Waals surface area contributed by atoms with Gasteiger partial charge in [-0.1, -0.05) is 35.5 Å². The Balaban J connectivity index is 1.76. The van der Waals surface area contributed by atoms with Crippen molar-refractivity contribution in [1.29, 1.82) is 0 Å². The van der Waals surface area contributed by atoms with Crippen LogP contribution < -0.4 is 5.32 Å². The molecule has 3 rings (SSSR count). The molecule has 0 saturated carbocycles. The van der Waals surface area contributed by atoms with E-state index in [1.807, 2.05) is 23.6 Å². The van der Waals surface area contributed by atoms with E-state index in [4.69, 9.17) is 11.6 Å². The van der Waals surface area contributed by atoms with E-state index in [0.717, 1.165) is 5.56 Å². The molecule has 1 atom stereocenters. The fourth-order valence-corrected chi connectivity index (χ4v) is 3.52. The standard InChI is InChI=1S/C19H18ClFN4OS/c1-3-25-17(13-8-10-14(20)11-9-13)23-24-19(25)27-12(2)18(26)22-16-7-5-4-6-15(16)21/h4-12H,3H2,1-2H3,(H,22,26)/t12-/m1/s1. The molecule has 2 aromatic carbocycles. The molecule has 0 unspecified atom stereocenters. The minimum Gasteiger partial charge on any atom is -0.323 e. The third-order valence-electron chi connectivity index (χ3n) is 3.92. The summed E-state index contributed by atoms with van der Waals surface area (Å²) < 4.78 is 15.7. The molecule has 0 saturated heterocycles. The van der Waals surface area contributed by atoms with E-state index in [-0.39, 0.29) is 11.6 Å². The summed E-state index contributed by atoms with van der Waals surface area (Å²) in [7, 11) is 0. The largest absolute Gasteiger partial charge is 0.323 e. The third kappa shape index (κ3) is 4.48. The smallest absolute Gasteiger partial charge is 0.237 e. The number of nitrogens with one attached hydrogen (secondary N) is 1. The summed E-state index contributed by atoms with van der Waals surface area (Å²) in [5.41, 5.74) is 1.05. The van der Waals surface area contributed by atoms with Gasteiger partial charge in [-0.15, -0.1) is 10.2 Å². The Kier molecular flexibility index (Phi) is 6.13. The normalized spacial score (nSPS) is 12.0. The molecule has 1 N–H and O–H groups in total. The lowest BCUT2D eigenvalue weighted by Gasteiger charge is -2.13. The lowest BCUT2D eigenvalue weighted by atomic mass is 10.2. The molecule has 5 nitrogen and oxygen atoms in total. The van der Waals surface area contributed by atoms with Crippen LogP contribution in [0.1, 0.15) is 13.8 Å². The SMILES string of the molecule is CCn1c(S[C@H](C)C(=O)Nc2ccccc2F)nnc1-c1ccc(Cl)cc1. The molecule has 0 aliphatic heterocycles. The number of rotatable bonds is 6. The summed E-state index contributed by atoms with van der Waals surface area (Å²) in [5.74, 6) is -0.0630. The minimum atomic E-state index is -0.475. The molecule has 8 heteroatoms. The van der Waals surface area contributed by atoms with Crippen LogP contribution in [0.4, 0.5) is 10.1 Å². The number of thioether (sulfide) groups is 1. The maximum Gasteiger partial charge on any atom is 0.237 e. The van der Waals surface area contributed by atoms with Gasteiger partial charge in [0, 0.05) is 17.1 Å². The van der Waals surface area contributed by atoms with Crippen molar-refractivity contribution in [3.05, 3.63) is 59.4 Å². The number of hydrogen-bond donors (Lipinski definition) is 1. The first-order valence-electron chi connectivity index (χ1n) is 8.40. The highest BCUT2D eigenvalue weighted by atomic mass is 35.5. The van der Waals surface area contributed by atoms with Gasteiger partial charge in [-0.3, -0.25) is 4.79 Å². The van der Waals surface area contributed by atoms with Gasteiger partial charge in [-0.2, -0.15) is 0 Å². The molecule has 140 valence electrons. The summed E-state index contributed by atoms with van der Waals surface area (Å²) in [5, 5.41) is 11.9. The Hall–Kier alpha value is -2.38. The van der Waals surface area contributed by atoms with Crippen LogP contribution in [0.15, 0.2) is 53.7 Å². The van der Waals surface area contributed by atoms with Gasteiger partial charge >= 0.3 is 0 Å². The monoisotopic (exact) mass is 404 g/mol. The quantitative estimate of drug-likeness (QED) is 0.595. The number of para-hydroxylation sites is 1. The Morgan fingerprint density at radius 3 is 2.59 bits per heavy atom. The Morgan fingerprint density at radius 2 is 1.93 bits per heavy atom. The van der Waals surface area contributed by atoms with Crippen LogP contribution in [0, 0.1) is 5.82 Å². The third-order valence-corrected chi connectivity index (χ3v) is 5.25. The van der Waals surface area contributed by atoms with E-state index in [2.05, 4.69) is 15.5 Å². The summed E-state index contributed by atoms with van der Waals surface area (Å²) in [6.45, 7) is 4.38. The first-order chi connectivity index (χ1) is 13.0. The Morgan fingerprint density at radius 1 is 1.22 bits per heavy atom. The summed E-state index contributed by atoms with van der Waals surface area (Å²) in [4.78, 5) is 12.4. The van der Waals surface area contributed by atoms with Gasteiger partial charge in [0.05, 0.1) is 10.9 Å². The molecule has 0 aliphatic carbocycles. The van der Waals surface area contributed by atoms with Crippen LogP contribution >= 0.6 is 23.4 Å². The molecule has 0 spiro atoms. The maximum atomic E-state index is 13.7. The average Bonchev–Trinajstić information content (AvgIpc) is 3.06. The first-order valence-corrected chi connectivity index (χ1v) is 9.66. The number of aromatic nitrogens is 3. The number of benzene rings is 2. The van der Waals surface area contributed by atoms with E-state index in [9.17, 15) is 9.18 Å². The van der Waals surface area contributed by atoms with Crippen molar-refractivity contribution in [2.45, 2.75) is 30.8 Å². The first kappa shape index (κ1) is 19.4.